The number of hydrogen-bond acceptors (Lipinski definition) is 4. The van der Waals surface area contributed by atoms with Crippen molar-refractivity contribution in [3.8, 4) is 0 Å². The highest BCUT2D eigenvalue weighted by molar-refractivity contribution is 7.86. The molecule has 0 aliphatic carbocycles. The summed E-state index contributed by atoms with van der Waals surface area (Å²) in [7, 11) is -0.662. The van der Waals surface area contributed by atoms with Crippen LogP contribution in [0.3, 0.4) is 0 Å². The Morgan fingerprint density at radius 2 is 1.84 bits per heavy atom. The molecular weight excluding hydrogens is 268 g/mol. The van der Waals surface area contributed by atoms with Crippen molar-refractivity contribution in [2.75, 3.05) is 14.1 Å². The maximum absolute atomic E-state index is 10.5. The average molecular weight is 294 g/mol. The topological polar surface area (TPSA) is 101 Å². The monoisotopic (exact) mass is 294 g/mol. The molecule has 1 unspecified atom stereocenters. The second-order valence-electron chi connectivity index (χ2n) is 4.38. The normalized spacial score (nSPS) is 13.7. The Morgan fingerprint density at radius 3 is 2.00 bits per heavy atom. The van der Waals surface area contributed by atoms with E-state index < -0.39 is 15.5 Å². The lowest BCUT2D eigenvalue weighted by molar-refractivity contribution is -0.114. The van der Waals surface area contributed by atoms with Crippen LogP contribution in [0.5, 0.6) is 0 Å². The number of amides is 1. The van der Waals surface area contributed by atoms with Crippen LogP contribution < -0.4 is 5.73 Å². The minimum atomic E-state index is -3.89. The summed E-state index contributed by atoms with van der Waals surface area (Å²) in [4.78, 5) is 11.8. The lowest BCUT2D eigenvalue weighted by Gasteiger charge is -2.18. The smallest absolute Gasteiger partial charge is 0.281 e. The standard InChI is InChI=1S/C7H13NO.C5H13NO3S/c1-3-4-5-6(2)7(8)9;1-4-5(6(2)3)10(7,8)9/h5H,3-4H2,1-2H3,(H2,8,9);5H,4H2,1-3H3,(H,7,8,9). The second kappa shape index (κ2) is 9.94. The Labute approximate surface area is 116 Å². The lowest BCUT2D eigenvalue weighted by atomic mass is 10.2. The zero-order chi connectivity index (χ0) is 15.6. The molecule has 0 aliphatic heterocycles. The van der Waals surface area contributed by atoms with E-state index in [1.165, 1.54) is 4.90 Å². The Kier molecular flexibility index (Phi) is 10.7. The van der Waals surface area contributed by atoms with Gasteiger partial charge in [0.05, 0.1) is 0 Å². The molecule has 0 fully saturated rings. The van der Waals surface area contributed by atoms with E-state index in [2.05, 4.69) is 6.92 Å². The highest BCUT2D eigenvalue weighted by Gasteiger charge is 2.22. The van der Waals surface area contributed by atoms with Crippen LogP contribution in [0.1, 0.15) is 40.0 Å². The summed E-state index contributed by atoms with van der Waals surface area (Å²) >= 11 is 0. The summed E-state index contributed by atoms with van der Waals surface area (Å²) in [6.45, 7) is 5.50. The van der Waals surface area contributed by atoms with Gasteiger partial charge in [0.1, 0.15) is 5.37 Å². The van der Waals surface area contributed by atoms with Crippen LogP contribution in [0.2, 0.25) is 0 Å². The van der Waals surface area contributed by atoms with Gasteiger partial charge in [0.25, 0.3) is 10.1 Å². The van der Waals surface area contributed by atoms with Crippen molar-refractivity contribution in [3.05, 3.63) is 11.6 Å². The Hall–Kier alpha value is -0.920. The SMILES string of the molecule is CCC(N(C)C)S(=O)(=O)O.CCCC=C(C)C(N)=O. The van der Waals surface area contributed by atoms with Gasteiger partial charge in [-0.3, -0.25) is 14.2 Å². The van der Waals surface area contributed by atoms with Gasteiger partial charge in [-0.15, -0.1) is 0 Å². The zero-order valence-electron chi connectivity index (χ0n) is 12.4. The van der Waals surface area contributed by atoms with Crippen molar-refractivity contribution in [1.29, 1.82) is 0 Å². The van der Waals surface area contributed by atoms with Gasteiger partial charge < -0.3 is 5.73 Å². The van der Waals surface area contributed by atoms with Gasteiger partial charge in [-0.25, -0.2) is 0 Å². The first kappa shape index (κ1) is 20.4. The number of primary amides is 1. The number of hydrogen-bond donors (Lipinski definition) is 2. The third-order valence-corrected chi connectivity index (χ3v) is 3.84. The van der Waals surface area contributed by atoms with E-state index in [1.54, 1.807) is 27.9 Å². The number of allylic oxidation sites excluding steroid dienone is 1. The molecule has 0 heterocycles. The van der Waals surface area contributed by atoms with Crippen LogP contribution in [0.4, 0.5) is 0 Å². The summed E-state index contributed by atoms with van der Waals surface area (Å²) in [5, 5.41) is -0.771. The van der Waals surface area contributed by atoms with E-state index in [0.29, 0.717) is 12.0 Å². The molecule has 0 aromatic heterocycles. The first-order chi connectivity index (χ1) is 8.57. The fourth-order valence-electron chi connectivity index (χ4n) is 1.30. The van der Waals surface area contributed by atoms with Crippen LogP contribution in [0.25, 0.3) is 0 Å². The molecule has 1 amide bonds. The van der Waals surface area contributed by atoms with E-state index in [0.717, 1.165) is 12.8 Å². The number of carbonyl (C=O) groups is 1. The number of unbranched alkanes of at least 4 members (excludes halogenated alkanes) is 1. The molecule has 1 atom stereocenters. The predicted octanol–water partition coefficient (Wildman–Crippen LogP) is 1.39. The van der Waals surface area contributed by atoms with Gasteiger partial charge in [0, 0.05) is 5.57 Å². The van der Waals surface area contributed by atoms with Crippen molar-refractivity contribution in [1.82, 2.24) is 4.90 Å². The molecule has 0 saturated heterocycles. The fourth-order valence-corrected chi connectivity index (χ4v) is 2.26. The third-order valence-electron chi connectivity index (χ3n) is 2.40. The molecular formula is C12H26N2O4S. The molecule has 0 aromatic rings. The first-order valence-electron chi connectivity index (χ1n) is 6.17. The minimum absolute atomic E-state index is 0.316. The van der Waals surface area contributed by atoms with Crippen LogP contribution in [-0.4, -0.2) is 43.2 Å². The van der Waals surface area contributed by atoms with Crippen LogP contribution >= 0.6 is 0 Å². The van der Waals surface area contributed by atoms with Gasteiger partial charge in [0.2, 0.25) is 5.91 Å². The molecule has 0 rings (SSSR count). The third kappa shape index (κ3) is 10.7. The molecule has 0 spiro atoms. The van der Waals surface area contributed by atoms with Gasteiger partial charge in [0.15, 0.2) is 0 Å². The quantitative estimate of drug-likeness (QED) is 0.569. The molecule has 0 saturated carbocycles. The largest absolute Gasteiger partial charge is 0.366 e. The van der Waals surface area contributed by atoms with Gasteiger partial charge in [-0.2, -0.15) is 8.42 Å². The van der Waals surface area contributed by atoms with Gasteiger partial charge in [-0.1, -0.05) is 26.3 Å². The fraction of sp³-hybridized carbons (Fsp3) is 0.750. The van der Waals surface area contributed by atoms with Crippen LogP contribution in [0, 0.1) is 0 Å². The minimum Gasteiger partial charge on any atom is -0.366 e. The zero-order valence-corrected chi connectivity index (χ0v) is 13.2. The maximum atomic E-state index is 10.5. The number of nitrogens with two attached hydrogens (primary N) is 1. The Balaban J connectivity index is 0. The van der Waals surface area contributed by atoms with E-state index in [1.807, 2.05) is 6.08 Å². The van der Waals surface area contributed by atoms with Crippen LogP contribution in [0.15, 0.2) is 11.6 Å². The summed E-state index contributed by atoms with van der Waals surface area (Å²) in [5.74, 6) is -0.316. The molecule has 0 aliphatic rings. The molecule has 7 heteroatoms. The number of carbonyl (C=O) groups excluding carboxylic acids is 1. The van der Waals surface area contributed by atoms with E-state index >= 15 is 0 Å². The van der Waals surface area contributed by atoms with Gasteiger partial charge >= 0.3 is 0 Å². The van der Waals surface area contributed by atoms with Crippen molar-refractivity contribution in [3.63, 3.8) is 0 Å². The highest BCUT2D eigenvalue weighted by Crippen LogP contribution is 2.05. The van der Waals surface area contributed by atoms with Crippen molar-refractivity contribution in [2.24, 2.45) is 5.73 Å². The molecule has 0 radical (unpaired) electrons. The first-order valence-corrected chi connectivity index (χ1v) is 7.67. The highest BCUT2D eigenvalue weighted by atomic mass is 32.2. The van der Waals surface area contributed by atoms with Gasteiger partial charge in [-0.05, 0) is 33.9 Å². The molecule has 19 heavy (non-hydrogen) atoms. The Morgan fingerprint density at radius 1 is 1.37 bits per heavy atom. The van der Waals surface area contributed by atoms with E-state index in [4.69, 9.17) is 10.3 Å². The van der Waals surface area contributed by atoms with Crippen molar-refractivity contribution in [2.45, 2.75) is 45.4 Å². The number of rotatable bonds is 6. The lowest BCUT2D eigenvalue weighted by Crippen LogP contribution is -2.34. The summed E-state index contributed by atoms with van der Waals surface area (Å²) < 4.78 is 29.6. The average Bonchev–Trinajstić information content (AvgIpc) is 2.24. The molecule has 3 N–H and O–H groups in total. The Bertz CT molecular complexity index is 389. The second-order valence-corrected chi connectivity index (χ2v) is 5.96. The molecule has 6 nitrogen and oxygen atoms in total. The van der Waals surface area contributed by atoms with E-state index in [9.17, 15) is 13.2 Å². The predicted molar refractivity (Wildman–Crippen MR) is 77.2 cm³/mol. The molecule has 114 valence electrons. The van der Waals surface area contributed by atoms with Crippen molar-refractivity contribution < 1.29 is 17.8 Å². The number of nitrogens with zero attached hydrogens (tertiary/aromatic N) is 1. The molecule has 0 bridgehead atoms. The summed E-state index contributed by atoms with van der Waals surface area (Å²) in [6.07, 6.45) is 4.26. The van der Waals surface area contributed by atoms with E-state index in [-0.39, 0.29) is 5.91 Å². The maximum Gasteiger partial charge on any atom is 0.281 e. The summed E-state index contributed by atoms with van der Waals surface area (Å²) in [5.41, 5.74) is 5.63. The van der Waals surface area contributed by atoms with Crippen LogP contribution in [-0.2, 0) is 14.9 Å². The van der Waals surface area contributed by atoms with Crippen molar-refractivity contribution >= 4 is 16.0 Å². The summed E-state index contributed by atoms with van der Waals surface area (Å²) in [6, 6.07) is 0. The molecule has 0 aromatic carbocycles.